The number of benzene rings is 2. The number of hydrogen-bond acceptors (Lipinski definition) is 2. The largest absolute Gasteiger partial charge is 0.288 e. The van der Waals surface area contributed by atoms with Gasteiger partial charge in [-0.25, -0.2) is 0 Å². The Morgan fingerprint density at radius 1 is 1.05 bits per heavy atom. The second-order valence-corrected chi connectivity index (χ2v) is 5.87. The van der Waals surface area contributed by atoms with Crippen LogP contribution < -0.4 is 0 Å². The molecule has 2 heteroatoms. The van der Waals surface area contributed by atoms with Crippen LogP contribution in [-0.4, -0.2) is 11.4 Å². The zero-order valence-electron chi connectivity index (χ0n) is 12.7. The standard InChI is InChI=1S/C20H20N2/c1-16-14-22(15-17-8-4-2-5-9-17)20(19(16)12-13-21)18-10-6-3-7-11-18/h2-11,19-20H,1,12,14-15H2/t19-,20+/m0/s1. The first kappa shape index (κ1) is 14.6. The van der Waals surface area contributed by atoms with Crippen molar-refractivity contribution in [2.24, 2.45) is 5.92 Å². The lowest BCUT2D eigenvalue weighted by Crippen LogP contribution is -2.25. The molecule has 0 amide bonds. The van der Waals surface area contributed by atoms with Crippen LogP contribution >= 0.6 is 0 Å². The Balaban J connectivity index is 1.91. The summed E-state index contributed by atoms with van der Waals surface area (Å²) in [6.07, 6.45) is 0.531. The van der Waals surface area contributed by atoms with Gasteiger partial charge in [-0.05, 0) is 11.1 Å². The van der Waals surface area contributed by atoms with Crippen molar-refractivity contribution in [1.82, 2.24) is 4.90 Å². The van der Waals surface area contributed by atoms with E-state index in [1.54, 1.807) is 0 Å². The molecule has 0 unspecified atom stereocenters. The maximum absolute atomic E-state index is 9.18. The van der Waals surface area contributed by atoms with E-state index in [1.807, 2.05) is 12.1 Å². The van der Waals surface area contributed by atoms with Crippen molar-refractivity contribution in [3.63, 3.8) is 0 Å². The first-order chi connectivity index (χ1) is 10.8. The maximum atomic E-state index is 9.18. The molecule has 2 aromatic carbocycles. The Morgan fingerprint density at radius 2 is 1.68 bits per heavy atom. The summed E-state index contributed by atoms with van der Waals surface area (Å²) < 4.78 is 0. The van der Waals surface area contributed by atoms with E-state index in [4.69, 9.17) is 0 Å². The summed E-state index contributed by atoms with van der Waals surface area (Å²) >= 11 is 0. The van der Waals surface area contributed by atoms with Gasteiger partial charge in [0, 0.05) is 31.5 Å². The highest BCUT2D eigenvalue weighted by molar-refractivity contribution is 5.29. The van der Waals surface area contributed by atoms with Crippen molar-refractivity contribution < 1.29 is 0 Å². The molecule has 1 saturated heterocycles. The number of rotatable bonds is 4. The van der Waals surface area contributed by atoms with Crippen LogP contribution in [0.4, 0.5) is 0 Å². The van der Waals surface area contributed by atoms with Crippen LogP contribution in [0.1, 0.15) is 23.6 Å². The third-order valence-corrected chi connectivity index (χ3v) is 4.39. The van der Waals surface area contributed by atoms with Gasteiger partial charge >= 0.3 is 0 Å². The normalized spacial score (nSPS) is 21.7. The summed E-state index contributed by atoms with van der Waals surface area (Å²) in [4.78, 5) is 2.44. The number of likely N-dealkylation sites (tertiary alicyclic amines) is 1. The Labute approximate surface area is 132 Å². The topological polar surface area (TPSA) is 27.0 Å². The Hall–Kier alpha value is -2.37. The summed E-state index contributed by atoms with van der Waals surface area (Å²) in [5.41, 5.74) is 3.75. The molecule has 110 valence electrons. The smallest absolute Gasteiger partial charge is 0.0628 e. The summed E-state index contributed by atoms with van der Waals surface area (Å²) in [6, 6.07) is 23.6. The van der Waals surface area contributed by atoms with Crippen LogP contribution in [0.25, 0.3) is 0 Å². The van der Waals surface area contributed by atoms with Gasteiger partial charge in [0.25, 0.3) is 0 Å². The summed E-state index contributed by atoms with van der Waals surface area (Å²) in [5.74, 6) is 0.219. The van der Waals surface area contributed by atoms with Gasteiger partial charge in [0.2, 0.25) is 0 Å². The molecular weight excluding hydrogens is 268 g/mol. The molecule has 1 aliphatic rings. The van der Waals surface area contributed by atoms with Crippen molar-refractivity contribution in [2.75, 3.05) is 6.54 Å². The van der Waals surface area contributed by atoms with Crippen molar-refractivity contribution in [2.45, 2.75) is 19.0 Å². The molecule has 0 aliphatic carbocycles. The molecule has 2 nitrogen and oxygen atoms in total. The van der Waals surface area contributed by atoms with Crippen LogP contribution in [0.5, 0.6) is 0 Å². The first-order valence-corrected chi connectivity index (χ1v) is 7.67. The monoisotopic (exact) mass is 288 g/mol. The Bertz CT molecular complexity index is 670. The Kier molecular flexibility index (Phi) is 4.37. The molecule has 1 aliphatic heterocycles. The average molecular weight is 288 g/mol. The van der Waals surface area contributed by atoms with Gasteiger partial charge < -0.3 is 0 Å². The van der Waals surface area contributed by atoms with Gasteiger partial charge in [-0.15, -0.1) is 0 Å². The lowest BCUT2D eigenvalue weighted by atomic mass is 9.89. The molecule has 1 heterocycles. The Morgan fingerprint density at radius 3 is 2.32 bits per heavy atom. The van der Waals surface area contributed by atoms with Crippen molar-refractivity contribution in [3.05, 3.63) is 83.9 Å². The fourth-order valence-electron chi connectivity index (χ4n) is 3.37. The third kappa shape index (κ3) is 2.95. The van der Waals surface area contributed by atoms with E-state index in [1.165, 1.54) is 16.7 Å². The van der Waals surface area contributed by atoms with Gasteiger partial charge in [-0.2, -0.15) is 5.26 Å². The molecule has 2 aromatic rings. The average Bonchev–Trinajstić information content (AvgIpc) is 2.85. The lowest BCUT2D eigenvalue weighted by Gasteiger charge is -2.27. The summed E-state index contributed by atoms with van der Waals surface area (Å²) in [7, 11) is 0. The number of nitriles is 1. The third-order valence-electron chi connectivity index (χ3n) is 4.39. The van der Waals surface area contributed by atoms with Crippen LogP contribution in [0.15, 0.2) is 72.8 Å². The second kappa shape index (κ2) is 6.60. The molecule has 0 N–H and O–H groups in total. The zero-order valence-corrected chi connectivity index (χ0v) is 12.7. The van der Waals surface area contributed by atoms with E-state index in [0.29, 0.717) is 6.42 Å². The molecule has 0 bridgehead atoms. The van der Waals surface area contributed by atoms with E-state index in [2.05, 4.69) is 66.1 Å². The van der Waals surface area contributed by atoms with E-state index in [0.717, 1.165) is 13.1 Å². The fourth-order valence-corrected chi connectivity index (χ4v) is 3.37. The van der Waals surface area contributed by atoms with E-state index in [9.17, 15) is 5.26 Å². The number of nitrogens with zero attached hydrogens (tertiary/aromatic N) is 2. The molecule has 2 atom stereocenters. The molecule has 0 radical (unpaired) electrons. The van der Waals surface area contributed by atoms with E-state index >= 15 is 0 Å². The van der Waals surface area contributed by atoms with Gasteiger partial charge in [0.05, 0.1) is 6.07 Å². The molecule has 0 saturated carbocycles. The molecular formula is C20H20N2. The fraction of sp³-hybridized carbons (Fsp3) is 0.250. The first-order valence-electron chi connectivity index (χ1n) is 7.67. The van der Waals surface area contributed by atoms with E-state index < -0.39 is 0 Å². The van der Waals surface area contributed by atoms with Crippen molar-refractivity contribution in [3.8, 4) is 6.07 Å². The molecule has 1 fully saturated rings. The summed E-state index contributed by atoms with van der Waals surface area (Å²) in [5, 5.41) is 9.18. The molecule has 3 rings (SSSR count). The predicted octanol–water partition coefficient (Wildman–Crippen LogP) is 4.33. The van der Waals surface area contributed by atoms with Crippen LogP contribution in [-0.2, 0) is 6.54 Å². The lowest BCUT2D eigenvalue weighted by molar-refractivity contribution is 0.221. The minimum absolute atomic E-state index is 0.219. The van der Waals surface area contributed by atoms with Crippen LogP contribution in [0.2, 0.25) is 0 Å². The minimum Gasteiger partial charge on any atom is -0.288 e. The van der Waals surface area contributed by atoms with Gasteiger partial charge in [0.1, 0.15) is 0 Å². The highest BCUT2D eigenvalue weighted by atomic mass is 15.2. The van der Waals surface area contributed by atoms with Crippen molar-refractivity contribution >= 4 is 0 Å². The summed E-state index contributed by atoms with van der Waals surface area (Å²) in [6.45, 7) is 5.98. The highest BCUT2D eigenvalue weighted by Crippen LogP contribution is 2.42. The van der Waals surface area contributed by atoms with Gasteiger partial charge in [-0.3, -0.25) is 4.90 Å². The maximum Gasteiger partial charge on any atom is 0.0628 e. The zero-order chi connectivity index (χ0) is 15.4. The number of hydrogen-bond donors (Lipinski definition) is 0. The minimum atomic E-state index is 0.219. The van der Waals surface area contributed by atoms with Crippen LogP contribution in [0, 0.1) is 17.2 Å². The van der Waals surface area contributed by atoms with Gasteiger partial charge in [-0.1, -0.05) is 72.8 Å². The predicted molar refractivity (Wildman–Crippen MR) is 88.9 cm³/mol. The molecule has 22 heavy (non-hydrogen) atoms. The second-order valence-electron chi connectivity index (χ2n) is 5.87. The van der Waals surface area contributed by atoms with Gasteiger partial charge in [0.15, 0.2) is 0 Å². The molecule has 0 spiro atoms. The SMILES string of the molecule is C=C1CN(Cc2ccccc2)[C@H](c2ccccc2)[C@H]1CC#N. The van der Waals surface area contributed by atoms with Crippen molar-refractivity contribution in [1.29, 1.82) is 5.26 Å². The van der Waals surface area contributed by atoms with Crippen LogP contribution in [0.3, 0.4) is 0 Å². The van der Waals surface area contributed by atoms with E-state index in [-0.39, 0.29) is 12.0 Å². The molecule has 0 aromatic heterocycles. The quantitative estimate of drug-likeness (QED) is 0.783. The highest BCUT2D eigenvalue weighted by Gasteiger charge is 2.37.